The molecule has 11 nitrogen and oxygen atoms in total. The Morgan fingerprint density at radius 2 is 1.86 bits per heavy atom. The lowest BCUT2D eigenvalue weighted by Crippen LogP contribution is -2.48. The third kappa shape index (κ3) is 5.94. The fourth-order valence-electron chi connectivity index (χ4n) is 4.12. The van der Waals surface area contributed by atoms with Crippen LogP contribution in [0.4, 0.5) is 17.3 Å². The maximum atomic E-state index is 13.2. The van der Waals surface area contributed by atoms with Crippen LogP contribution in [0, 0.1) is 5.92 Å². The lowest BCUT2D eigenvalue weighted by Gasteiger charge is -2.32. The summed E-state index contributed by atoms with van der Waals surface area (Å²) in [4.78, 5) is 2.18. The largest absolute Gasteiger partial charge is 0.546 e. The number of anilines is 3. The highest BCUT2D eigenvalue weighted by atomic mass is 32.2. The molecule has 14 heteroatoms. The SMILES string of the molecule is CCN1CCN(S(=O)(=O)c2scc(Nc3n[s+]([O-])nc3N[C@@H](c3cc(C(C)C)co3)C(C)C)c2O)CC1. The highest BCUT2D eigenvalue weighted by Gasteiger charge is 2.33. The Balaban J connectivity index is 1.55. The van der Waals surface area contributed by atoms with Gasteiger partial charge in [0.2, 0.25) is 11.6 Å². The summed E-state index contributed by atoms with van der Waals surface area (Å²) in [6.45, 7) is 13.1. The van der Waals surface area contributed by atoms with Gasteiger partial charge in [0.25, 0.3) is 10.0 Å². The number of nitrogens with one attached hydrogen (secondary N) is 2. The summed E-state index contributed by atoms with van der Waals surface area (Å²) in [5.41, 5.74) is 1.23. The van der Waals surface area contributed by atoms with Gasteiger partial charge in [0.15, 0.2) is 21.1 Å². The highest BCUT2D eigenvalue weighted by molar-refractivity contribution is 7.91. The number of aromatic hydroxyl groups is 1. The van der Waals surface area contributed by atoms with Crippen molar-refractivity contribution in [3.8, 4) is 5.75 Å². The van der Waals surface area contributed by atoms with Gasteiger partial charge >= 0.3 is 0 Å². The van der Waals surface area contributed by atoms with Crippen molar-refractivity contribution >= 4 is 49.8 Å². The molecule has 0 spiro atoms. The number of hydrogen-bond acceptors (Lipinski definition) is 11. The Hall–Kier alpha value is -2.23. The van der Waals surface area contributed by atoms with Crippen molar-refractivity contribution in [1.82, 2.24) is 18.0 Å². The van der Waals surface area contributed by atoms with E-state index in [0.717, 1.165) is 23.4 Å². The van der Waals surface area contributed by atoms with Crippen LogP contribution in [0.3, 0.4) is 0 Å². The third-order valence-corrected chi connectivity index (χ3v) is 10.5. The maximum Gasteiger partial charge on any atom is 0.256 e. The first-order chi connectivity index (χ1) is 17.5. The van der Waals surface area contributed by atoms with Crippen molar-refractivity contribution in [2.75, 3.05) is 43.4 Å². The Morgan fingerprint density at radius 1 is 1.19 bits per heavy atom. The molecule has 0 saturated carbocycles. The zero-order valence-electron chi connectivity index (χ0n) is 21.6. The van der Waals surface area contributed by atoms with Crippen molar-refractivity contribution < 1.29 is 22.5 Å². The molecular formula is C23H34N6O5S3. The van der Waals surface area contributed by atoms with Crippen LogP contribution in [-0.2, 0) is 10.0 Å². The molecule has 0 amide bonds. The van der Waals surface area contributed by atoms with Gasteiger partial charge in [-0.25, -0.2) is 8.42 Å². The number of rotatable bonds is 10. The molecular weight excluding hydrogens is 536 g/mol. The number of sulfonamides is 1. The van der Waals surface area contributed by atoms with E-state index in [4.69, 9.17) is 4.42 Å². The van der Waals surface area contributed by atoms with Crippen LogP contribution in [-0.4, -0.2) is 68.8 Å². The summed E-state index contributed by atoms with van der Waals surface area (Å²) in [6, 6.07) is 1.71. The van der Waals surface area contributed by atoms with Crippen LogP contribution in [0.1, 0.15) is 57.9 Å². The highest BCUT2D eigenvalue weighted by Crippen LogP contribution is 2.42. The predicted molar refractivity (Wildman–Crippen MR) is 145 cm³/mol. The zero-order chi connectivity index (χ0) is 26.9. The van der Waals surface area contributed by atoms with Crippen LogP contribution in [0.25, 0.3) is 0 Å². The van der Waals surface area contributed by atoms with E-state index in [0.29, 0.717) is 37.9 Å². The molecule has 0 bridgehead atoms. The lowest BCUT2D eigenvalue weighted by molar-refractivity contribution is 0.196. The van der Waals surface area contributed by atoms with Gasteiger partial charge in [-0.1, -0.05) is 34.6 Å². The average Bonchev–Trinajstić information content (AvgIpc) is 3.57. The molecule has 1 aliphatic rings. The number of nitrogens with zero attached hydrogens (tertiary/aromatic N) is 4. The van der Waals surface area contributed by atoms with Crippen LogP contribution >= 0.6 is 22.5 Å². The van der Waals surface area contributed by atoms with Crippen LogP contribution in [0.15, 0.2) is 26.3 Å². The van der Waals surface area contributed by atoms with Crippen molar-refractivity contribution in [2.45, 2.75) is 50.8 Å². The number of hydrogen-bond donors (Lipinski definition) is 3. The summed E-state index contributed by atoms with van der Waals surface area (Å²) < 4.78 is 53.8. The average molecular weight is 571 g/mol. The molecule has 1 saturated heterocycles. The van der Waals surface area contributed by atoms with E-state index in [-0.39, 0.29) is 33.5 Å². The summed E-state index contributed by atoms with van der Waals surface area (Å²) in [7, 11) is -3.86. The number of piperazine rings is 1. The number of furan rings is 1. The second-order valence-electron chi connectivity index (χ2n) is 9.66. The molecule has 0 aromatic carbocycles. The monoisotopic (exact) mass is 570 g/mol. The quantitative estimate of drug-likeness (QED) is 0.296. The minimum atomic E-state index is -3.86. The first kappa shape index (κ1) is 27.8. The Bertz CT molecular complexity index is 1310. The molecule has 1 fully saturated rings. The van der Waals surface area contributed by atoms with Gasteiger partial charge in [0.05, 0.1) is 18.0 Å². The van der Waals surface area contributed by atoms with Crippen molar-refractivity contribution in [3.05, 3.63) is 29.0 Å². The summed E-state index contributed by atoms with van der Waals surface area (Å²) in [5.74, 6) is 1.12. The maximum absolute atomic E-state index is 13.2. The molecule has 37 heavy (non-hydrogen) atoms. The molecule has 204 valence electrons. The standard InChI is InChI=1S/C23H34N6O5S3/c1-6-28-7-9-29(10-8-28)37(32,33)23-20(30)17(13-35-23)24-21-22(27-36(31)26-21)25-19(15(4)5)18-11-16(12-34-18)14(2)3/h11-15,19,30H,6-10H2,1-5H3,(H,24,26)(H,25,27)/t19-,36?/m1/s1. The summed E-state index contributed by atoms with van der Waals surface area (Å²) in [5, 5.41) is 18.5. The minimum Gasteiger partial charge on any atom is -0.546 e. The normalized spacial score (nSPS) is 17.0. The third-order valence-electron chi connectivity index (χ3n) is 6.47. The Morgan fingerprint density at radius 3 is 2.46 bits per heavy atom. The van der Waals surface area contributed by atoms with Gasteiger partial charge < -0.3 is 29.6 Å². The van der Waals surface area contributed by atoms with Gasteiger partial charge in [-0.05, 0) is 30.0 Å². The second kappa shape index (κ2) is 11.3. The van der Waals surface area contributed by atoms with E-state index in [1.807, 2.05) is 26.8 Å². The van der Waals surface area contributed by atoms with E-state index in [1.54, 1.807) is 6.26 Å². The molecule has 0 radical (unpaired) electrons. The van der Waals surface area contributed by atoms with E-state index >= 15 is 0 Å². The first-order valence-corrected chi connectivity index (χ1v) is 15.6. The minimum absolute atomic E-state index is 0.101. The number of aromatic nitrogens is 2. The van der Waals surface area contributed by atoms with E-state index in [9.17, 15) is 18.1 Å². The van der Waals surface area contributed by atoms with Crippen LogP contribution in [0.5, 0.6) is 5.75 Å². The van der Waals surface area contributed by atoms with Crippen molar-refractivity contribution in [1.29, 1.82) is 0 Å². The fourth-order valence-corrected chi connectivity index (χ4v) is 7.55. The van der Waals surface area contributed by atoms with Crippen LogP contribution in [0.2, 0.25) is 0 Å². The Kier molecular flexibility index (Phi) is 8.45. The molecule has 4 heterocycles. The van der Waals surface area contributed by atoms with Gasteiger partial charge in [-0.15, -0.1) is 11.3 Å². The van der Waals surface area contributed by atoms with E-state index in [2.05, 4.69) is 38.1 Å². The van der Waals surface area contributed by atoms with Gasteiger partial charge in [-0.3, -0.25) is 0 Å². The molecule has 2 atom stereocenters. The summed E-state index contributed by atoms with van der Waals surface area (Å²) >= 11 is -0.931. The molecule has 0 aliphatic carbocycles. The van der Waals surface area contributed by atoms with Crippen molar-refractivity contribution in [2.24, 2.45) is 5.92 Å². The number of likely N-dealkylation sites (N-methyl/N-ethyl adjacent to an activating group) is 1. The van der Waals surface area contributed by atoms with E-state index < -0.39 is 26.9 Å². The predicted octanol–water partition coefficient (Wildman–Crippen LogP) is 4.57. The van der Waals surface area contributed by atoms with Gasteiger partial charge in [0.1, 0.15) is 5.76 Å². The summed E-state index contributed by atoms with van der Waals surface area (Å²) in [6.07, 6.45) is 1.73. The first-order valence-electron chi connectivity index (χ1n) is 12.3. The lowest BCUT2D eigenvalue weighted by atomic mass is 9.99. The molecule has 3 aromatic rings. The van der Waals surface area contributed by atoms with E-state index in [1.165, 1.54) is 9.69 Å². The molecule has 3 aromatic heterocycles. The zero-order valence-corrected chi connectivity index (χ0v) is 24.0. The second-order valence-corrected chi connectivity index (χ2v) is 13.5. The van der Waals surface area contributed by atoms with Gasteiger partial charge in [-0.2, -0.15) is 4.31 Å². The topological polar surface area (TPSA) is 147 Å². The fraction of sp³-hybridized carbons (Fsp3) is 0.565. The van der Waals surface area contributed by atoms with Gasteiger partial charge in [0, 0.05) is 40.3 Å². The smallest absolute Gasteiger partial charge is 0.256 e. The molecule has 1 aliphatic heterocycles. The molecule has 3 N–H and O–H groups in total. The Labute approximate surface area is 224 Å². The van der Waals surface area contributed by atoms with Crippen molar-refractivity contribution in [3.63, 3.8) is 0 Å². The molecule has 4 rings (SSSR count). The van der Waals surface area contributed by atoms with Crippen LogP contribution < -0.4 is 10.6 Å². The molecule has 1 unspecified atom stereocenters. The number of thiophene rings is 1.